The Hall–Kier alpha value is -1.32. The first-order valence-corrected chi connectivity index (χ1v) is 7.41. The minimum Gasteiger partial charge on any atom is -0.460 e. The van der Waals surface area contributed by atoms with Crippen molar-refractivity contribution in [3.8, 4) is 5.75 Å². The second-order valence-electron chi connectivity index (χ2n) is 4.72. The number of benzene rings is 2. The van der Waals surface area contributed by atoms with Crippen molar-refractivity contribution in [1.29, 1.82) is 0 Å². The van der Waals surface area contributed by atoms with Gasteiger partial charge in [-0.15, -0.1) is 0 Å². The fourth-order valence-corrected chi connectivity index (χ4v) is 2.78. The number of halogens is 1. The topological polar surface area (TPSA) is 18.5 Å². The van der Waals surface area contributed by atoms with Crippen LogP contribution in [-0.4, -0.2) is 0 Å². The fourth-order valence-electron chi connectivity index (χ4n) is 2.37. The number of rotatable bonds is 2. The van der Waals surface area contributed by atoms with Crippen LogP contribution in [0.5, 0.6) is 5.75 Å². The van der Waals surface area contributed by atoms with Crippen molar-refractivity contribution in [2.75, 3.05) is 0 Å². The summed E-state index contributed by atoms with van der Waals surface area (Å²) < 4.78 is 11.9. The minimum atomic E-state index is -0.311. The molecule has 0 radical (unpaired) electrons. The Balaban J connectivity index is 1.95. The van der Waals surface area contributed by atoms with Gasteiger partial charge in [0, 0.05) is 22.0 Å². The van der Waals surface area contributed by atoms with Gasteiger partial charge in [-0.2, -0.15) is 0 Å². The molecule has 3 heteroatoms. The number of fused-ring (bicyclic) bond motifs is 1. The zero-order chi connectivity index (χ0) is 13.2. The van der Waals surface area contributed by atoms with Crippen molar-refractivity contribution < 1.29 is 9.47 Å². The van der Waals surface area contributed by atoms with Gasteiger partial charge in [-0.1, -0.05) is 64.0 Å². The molecule has 0 spiro atoms. The van der Waals surface area contributed by atoms with Crippen LogP contribution in [0.3, 0.4) is 0 Å². The summed E-state index contributed by atoms with van der Waals surface area (Å²) in [5, 5.41) is 0.790. The van der Waals surface area contributed by atoms with Crippen LogP contribution in [0.15, 0.2) is 42.5 Å². The second-order valence-corrected chi connectivity index (χ2v) is 5.28. The molecule has 3 rings (SSSR count). The van der Waals surface area contributed by atoms with Crippen LogP contribution in [0.1, 0.15) is 28.5 Å². The number of aryl methyl sites for hydroxylation is 1. The lowest BCUT2D eigenvalue weighted by Crippen LogP contribution is -2.19. The van der Waals surface area contributed by atoms with E-state index in [1.165, 1.54) is 11.1 Å². The predicted octanol–water partition coefficient (Wildman–Crippen LogP) is 4.50. The van der Waals surface area contributed by atoms with E-state index < -0.39 is 0 Å². The van der Waals surface area contributed by atoms with E-state index in [2.05, 4.69) is 35.0 Å². The van der Waals surface area contributed by atoms with E-state index >= 15 is 0 Å². The molecule has 1 atom stereocenters. The summed E-state index contributed by atoms with van der Waals surface area (Å²) in [6.45, 7) is 2.69. The Labute approximate surface area is 121 Å². The van der Waals surface area contributed by atoms with Crippen LogP contribution in [0, 0.1) is 6.92 Å². The van der Waals surface area contributed by atoms with E-state index in [9.17, 15) is 0 Å². The molecule has 0 aromatic heterocycles. The number of hydrogen-bond donors (Lipinski definition) is 0. The molecular weight excluding hydrogens is 304 g/mol. The zero-order valence-corrected chi connectivity index (χ0v) is 12.3. The Morgan fingerprint density at radius 3 is 2.74 bits per heavy atom. The highest BCUT2D eigenvalue weighted by Gasteiger charge is 2.24. The van der Waals surface area contributed by atoms with Gasteiger partial charge in [0.05, 0.1) is 6.61 Å². The standard InChI is InChI=1S/C16H15BrO2/c1-11-7-13(9-17)15-14(8-11)10-18-16(19-15)12-5-3-2-4-6-12/h2-8,16H,9-10H2,1H3. The highest BCUT2D eigenvalue weighted by molar-refractivity contribution is 9.08. The normalized spacial score (nSPS) is 17.7. The van der Waals surface area contributed by atoms with E-state index in [4.69, 9.17) is 9.47 Å². The van der Waals surface area contributed by atoms with E-state index in [-0.39, 0.29) is 6.29 Å². The second kappa shape index (κ2) is 5.35. The van der Waals surface area contributed by atoms with Crippen molar-refractivity contribution in [1.82, 2.24) is 0 Å². The monoisotopic (exact) mass is 318 g/mol. The number of hydrogen-bond acceptors (Lipinski definition) is 2. The number of alkyl halides is 1. The predicted molar refractivity (Wildman–Crippen MR) is 78.4 cm³/mol. The maximum Gasteiger partial charge on any atom is 0.227 e. The highest BCUT2D eigenvalue weighted by atomic mass is 79.9. The fraction of sp³-hybridized carbons (Fsp3) is 0.250. The Morgan fingerprint density at radius 2 is 2.00 bits per heavy atom. The summed E-state index contributed by atoms with van der Waals surface area (Å²) in [5.41, 5.74) is 4.59. The maximum atomic E-state index is 6.04. The van der Waals surface area contributed by atoms with Gasteiger partial charge >= 0.3 is 0 Å². The Bertz CT molecular complexity index is 564. The molecule has 2 aromatic carbocycles. The summed E-state index contributed by atoms with van der Waals surface area (Å²) in [4.78, 5) is 0. The van der Waals surface area contributed by atoms with Gasteiger partial charge in [-0.25, -0.2) is 0 Å². The molecular formula is C16H15BrO2. The third-order valence-corrected chi connectivity index (χ3v) is 3.82. The van der Waals surface area contributed by atoms with Crippen molar-refractivity contribution >= 4 is 15.9 Å². The first-order valence-electron chi connectivity index (χ1n) is 6.29. The average Bonchev–Trinajstić information content (AvgIpc) is 2.46. The van der Waals surface area contributed by atoms with Gasteiger partial charge in [0.1, 0.15) is 5.75 Å². The van der Waals surface area contributed by atoms with Gasteiger partial charge in [0.25, 0.3) is 0 Å². The quantitative estimate of drug-likeness (QED) is 0.759. The van der Waals surface area contributed by atoms with Gasteiger partial charge in [0.2, 0.25) is 6.29 Å². The van der Waals surface area contributed by atoms with Crippen molar-refractivity contribution in [3.05, 3.63) is 64.7 Å². The lowest BCUT2D eigenvalue weighted by atomic mass is 10.0. The summed E-state index contributed by atoms with van der Waals surface area (Å²) in [6.07, 6.45) is -0.311. The van der Waals surface area contributed by atoms with Crippen LogP contribution in [0.2, 0.25) is 0 Å². The molecule has 0 bridgehead atoms. The van der Waals surface area contributed by atoms with E-state index in [0.29, 0.717) is 6.61 Å². The van der Waals surface area contributed by atoms with E-state index in [0.717, 1.165) is 22.2 Å². The molecule has 98 valence electrons. The molecule has 0 fully saturated rings. The molecule has 0 aliphatic carbocycles. The Kier molecular flexibility index (Phi) is 3.58. The van der Waals surface area contributed by atoms with Gasteiger partial charge in [-0.3, -0.25) is 0 Å². The van der Waals surface area contributed by atoms with Gasteiger partial charge < -0.3 is 9.47 Å². The van der Waals surface area contributed by atoms with E-state index in [1.807, 2.05) is 30.3 Å². The molecule has 2 aromatic rings. The summed E-state index contributed by atoms with van der Waals surface area (Å²) in [6, 6.07) is 14.3. The molecule has 0 N–H and O–H groups in total. The summed E-state index contributed by atoms with van der Waals surface area (Å²) in [5.74, 6) is 0.961. The lowest BCUT2D eigenvalue weighted by molar-refractivity contribution is -0.111. The molecule has 1 unspecified atom stereocenters. The van der Waals surface area contributed by atoms with Crippen LogP contribution in [0.25, 0.3) is 0 Å². The van der Waals surface area contributed by atoms with Crippen molar-refractivity contribution in [2.24, 2.45) is 0 Å². The molecule has 0 saturated heterocycles. The first-order chi connectivity index (χ1) is 9.28. The molecule has 1 aliphatic heterocycles. The largest absolute Gasteiger partial charge is 0.460 e. The van der Waals surface area contributed by atoms with Gasteiger partial charge in [0.15, 0.2) is 0 Å². The third kappa shape index (κ3) is 2.53. The third-order valence-electron chi connectivity index (χ3n) is 3.22. The molecule has 1 heterocycles. The molecule has 19 heavy (non-hydrogen) atoms. The van der Waals surface area contributed by atoms with Crippen molar-refractivity contribution in [3.63, 3.8) is 0 Å². The average molecular weight is 319 g/mol. The Morgan fingerprint density at radius 1 is 1.21 bits per heavy atom. The molecule has 0 saturated carbocycles. The lowest BCUT2D eigenvalue weighted by Gasteiger charge is -2.28. The van der Waals surface area contributed by atoms with Crippen LogP contribution >= 0.6 is 15.9 Å². The van der Waals surface area contributed by atoms with E-state index in [1.54, 1.807) is 0 Å². The van der Waals surface area contributed by atoms with Crippen LogP contribution in [0.4, 0.5) is 0 Å². The highest BCUT2D eigenvalue weighted by Crippen LogP contribution is 2.37. The minimum absolute atomic E-state index is 0.311. The number of ether oxygens (including phenoxy) is 2. The molecule has 2 nitrogen and oxygen atoms in total. The zero-order valence-electron chi connectivity index (χ0n) is 10.7. The van der Waals surface area contributed by atoms with Crippen LogP contribution < -0.4 is 4.74 Å². The van der Waals surface area contributed by atoms with Crippen molar-refractivity contribution in [2.45, 2.75) is 25.2 Å². The molecule has 0 amide bonds. The first kappa shape index (κ1) is 12.7. The maximum absolute atomic E-state index is 6.04. The smallest absolute Gasteiger partial charge is 0.227 e. The summed E-state index contributed by atoms with van der Waals surface area (Å²) in [7, 11) is 0. The SMILES string of the molecule is Cc1cc(CBr)c2c(c1)COC(c1ccccc1)O2. The van der Waals surface area contributed by atoms with Crippen LogP contribution in [-0.2, 0) is 16.7 Å². The molecule has 1 aliphatic rings. The summed E-state index contributed by atoms with van der Waals surface area (Å²) >= 11 is 3.53. The van der Waals surface area contributed by atoms with Gasteiger partial charge in [-0.05, 0) is 6.92 Å².